The standard InChI is InChI=1S/C13H10F9NO/c1-23(2)8-5-3-7(4-6-8)9(14,15)12(20)10(16,17)11(18,19)13(21,22)24-12/h3-6H,1-2H3. The third-order valence-electron chi connectivity index (χ3n) is 3.58. The molecule has 1 aromatic carbocycles. The largest absolute Gasteiger partial charge is 0.428 e. The van der Waals surface area contributed by atoms with E-state index in [0.29, 0.717) is 12.1 Å². The lowest BCUT2D eigenvalue weighted by Gasteiger charge is -2.33. The van der Waals surface area contributed by atoms with Gasteiger partial charge in [-0.2, -0.15) is 39.5 Å². The molecule has 0 radical (unpaired) electrons. The third kappa shape index (κ3) is 2.09. The van der Waals surface area contributed by atoms with Crippen molar-refractivity contribution >= 4 is 5.69 Å². The minimum atomic E-state index is -6.48. The second-order valence-corrected chi connectivity index (χ2v) is 5.38. The highest BCUT2D eigenvalue weighted by atomic mass is 19.4. The van der Waals surface area contributed by atoms with E-state index < -0.39 is 35.3 Å². The number of anilines is 1. The van der Waals surface area contributed by atoms with Crippen molar-refractivity contribution in [3.05, 3.63) is 29.8 Å². The molecule has 11 heteroatoms. The van der Waals surface area contributed by atoms with Gasteiger partial charge in [0, 0.05) is 25.3 Å². The number of hydrogen-bond donors (Lipinski definition) is 0. The number of nitrogens with zero attached hydrogens (tertiary/aromatic N) is 1. The van der Waals surface area contributed by atoms with Crippen molar-refractivity contribution in [3.63, 3.8) is 0 Å². The van der Waals surface area contributed by atoms with Crippen molar-refractivity contribution in [3.8, 4) is 0 Å². The lowest BCUT2D eigenvalue weighted by Crippen LogP contribution is -2.58. The van der Waals surface area contributed by atoms with Crippen LogP contribution in [0.4, 0.5) is 45.2 Å². The van der Waals surface area contributed by atoms with E-state index in [9.17, 15) is 39.5 Å². The Morgan fingerprint density at radius 2 is 1.29 bits per heavy atom. The number of hydrogen-bond acceptors (Lipinski definition) is 2. The molecule has 136 valence electrons. The van der Waals surface area contributed by atoms with Crippen molar-refractivity contribution in [2.75, 3.05) is 19.0 Å². The summed E-state index contributed by atoms with van der Waals surface area (Å²) in [5.41, 5.74) is -1.24. The molecule has 1 unspecified atom stereocenters. The lowest BCUT2D eigenvalue weighted by molar-refractivity contribution is -0.380. The number of benzene rings is 1. The van der Waals surface area contributed by atoms with Gasteiger partial charge in [-0.25, -0.2) is 0 Å². The highest BCUT2D eigenvalue weighted by molar-refractivity contribution is 5.47. The Labute approximate surface area is 129 Å². The quantitative estimate of drug-likeness (QED) is 0.735. The van der Waals surface area contributed by atoms with E-state index in [1.54, 1.807) is 0 Å². The molecule has 0 aliphatic carbocycles. The van der Waals surface area contributed by atoms with E-state index in [1.807, 2.05) is 0 Å². The Morgan fingerprint density at radius 1 is 0.833 bits per heavy atom. The van der Waals surface area contributed by atoms with E-state index in [2.05, 4.69) is 4.74 Å². The molecule has 1 aliphatic heterocycles. The van der Waals surface area contributed by atoms with E-state index in [0.717, 1.165) is 12.1 Å². The molecule has 0 amide bonds. The van der Waals surface area contributed by atoms with Gasteiger partial charge in [0.05, 0.1) is 0 Å². The van der Waals surface area contributed by atoms with Gasteiger partial charge in [0.15, 0.2) is 0 Å². The molecule has 0 spiro atoms. The predicted molar refractivity (Wildman–Crippen MR) is 64.4 cm³/mol. The second-order valence-electron chi connectivity index (χ2n) is 5.38. The predicted octanol–water partition coefficient (Wildman–Crippen LogP) is 4.40. The number of alkyl halides is 9. The zero-order valence-corrected chi connectivity index (χ0v) is 12.1. The Hall–Kier alpha value is -1.65. The van der Waals surface area contributed by atoms with Gasteiger partial charge in [0.25, 0.3) is 0 Å². The summed E-state index contributed by atoms with van der Waals surface area (Å²) < 4.78 is 124. The average molecular weight is 367 g/mol. The van der Waals surface area contributed by atoms with Crippen molar-refractivity contribution in [1.82, 2.24) is 0 Å². The number of ether oxygens (including phenoxy) is 1. The molecule has 1 aromatic rings. The van der Waals surface area contributed by atoms with Crippen LogP contribution < -0.4 is 4.90 Å². The topological polar surface area (TPSA) is 12.5 Å². The van der Waals surface area contributed by atoms with Gasteiger partial charge in [-0.3, -0.25) is 4.74 Å². The van der Waals surface area contributed by atoms with Gasteiger partial charge in [0.2, 0.25) is 0 Å². The van der Waals surface area contributed by atoms with Crippen molar-refractivity contribution in [2.24, 2.45) is 0 Å². The Bertz CT molecular complexity index is 629. The van der Waals surface area contributed by atoms with Gasteiger partial charge in [0.1, 0.15) is 0 Å². The summed E-state index contributed by atoms with van der Waals surface area (Å²) in [5, 5.41) is 0. The third-order valence-corrected chi connectivity index (χ3v) is 3.58. The molecule has 0 N–H and O–H groups in total. The Kier molecular flexibility index (Phi) is 3.84. The first-order valence-electron chi connectivity index (χ1n) is 6.30. The molecular weight excluding hydrogens is 357 g/mol. The molecule has 0 aromatic heterocycles. The molecule has 1 fully saturated rings. The van der Waals surface area contributed by atoms with Crippen LogP contribution in [0.1, 0.15) is 5.56 Å². The summed E-state index contributed by atoms with van der Waals surface area (Å²) in [7, 11) is 3.00. The van der Waals surface area contributed by atoms with Crippen LogP contribution in [0.25, 0.3) is 0 Å². The summed E-state index contributed by atoms with van der Waals surface area (Å²) in [6.07, 6.45) is -6.11. The minimum absolute atomic E-state index is 0.289. The van der Waals surface area contributed by atoms with E-state index in [1.165, 1.54) is 19.0 Å². The van der Waals surface area contributed by atoms with Gasteiger partial charge in [-0.05, 0) is 12.1 Å². The maximum absolute atomic E-state index is 14.1. The van der Waals surface area contributed by atoms with Crippen LogP contribution in [0, 0.1) is 0 Å². The molecule has 1 heterocycles. The monoisotopic (exact) mass is 367 g/mol. The zero-order chi connectivity index (χ0) is 18.8. The van der Waals surface area contributed by atoms with Crippen LogP contribution in [0.3, 0.4) is 0 Å². The highest BCUT2D eigenvalue weighted by Crippen LogP contribution is 2.66. The fraction of sp³-hybridized carbons (Fsp3) is 0.538. The van der Waals surface area contributed by atoms with Gasteiger partial charge in [-0.1, -0.05) is 12.1 Å². The minimum Gasteiger partial charge on any atom is -0.378 e. The highest BCUT2D eigenvalue weighted by Gasteiger charge is 2.95. The smallest absolute Gasteiger partial charge is 0.378 e. The molecule has 2 nitrogen and oxygen atoms in total. The van der Waals surface area contributed by atoms with E-state index >= 15 is 0 Å². The molecular formula is C13H10F9NO. The Morgan fingerprint density at radius 3 is 1.62 bits per heavy atom. The molecule has 0 bridgehead atoms. The molecule has 1 aliphatic rings. The lowest BCUT2D eigenvalue weighted by atomic mass is 9.94. The van der Waals surface area contributed by atoms with Gasteiger partial charge < -0.3 is 4.90 Å². The molecule has 2 rings (SSSR count). The van der Waals surface area contributed by atoms with Crippen LogP contribution >= 0.6 is 0 Å². The molecule has 1 saturated heterocycles. The number of halogens is 9. The molecule has 0 saturated carbocycles. The maximum atomic E-state index is 14.1. The van der Waals surface area contributed by atoms with Crippen LogP contribution in [0.15, 0.2) is 24.3 Å². The summed E-state index contributed by atoms with van der Waals surface area (Å²) in [4.78, 5) is 1.41. The summed E-state index contributed by atoms with van der Waals surface area (Å²) in [6, 6.07) is 2.78. The first-order chi connectivity index (χ1) is 10.6. The first kappa shape index (κ1) is 18.7. The fourth-order valence-electron chi connectivity index (χ4n) is 2.11. The summed E-state index contributed by atoms with van der Waals surface area (Å²) in [6.45, 7) is 0. The number of rotatable bonds is 3. The average Bonchev–Trinajstić information content (AvgIpc) is 2.55. The fourth-order valence-corrected chi connectivity index (χ4v) is 2.11. The van der Waals surface area contributed by atoms with Crippen LogP contribution in [-0.4, -0.2) is 37.9 Å². The Balaban J connectivity index is 2.55. The summed E-state index contributed by atoms with van der Waals surface area (Å²) >= 11 is 0. The van der Waals surface area contributed by atoms with Crippen molar-refractivity contribution < 1.29 is 44.3 Å². The second kappa shape index (κ2) is 4.93. The normalized spacial score (nSPS) is 28.0. The first-order valence-corrected chi connectivity index (χ1v) is 6.30. The van der Waals surface area contributed by atoms with E-state index in [-0.39, 0.29) is 5.69 Å². The molecule has 1 atom stereocenters. The molecule has 24 heavy (non-hydrogen) atoms. The SMILES string of the molecule is CN(C)c1ccc(C(F)(F)C2(F)OC(F)(F)C(F)(F)C2(F)F)cc1. The maximum Gasteiger partial charge on any atom is 0.428 e. The van der Waals surface area contributed by atoms with Gasteiger partial charge >= 0.3 is 29.7 Å². The van der Waals surface area contributed by atoms with Gasteiger partial charge in [-0.15, -0.1) is 0 Å². The van der Waals surface area contributed by atoms with Crippen molar-refractivity contribution in [2.45, 2.75) is 29.7 Å². The van der Waals surface area contributed by atoms with Crippen LogP contribution in [-0.2, 0) is 10.7 Å². The van der Waals surface area contributed by atoms with Crippen LogP contribution in [0.2, 0.25) is 0 Å². The summed E-state index contributed by atoms with van der Waals surface area (Å²) in [5.74, 6) is -24.4. The van der Waals surface area contributed by atoms with E-state index in [4.69, 9.17) is 0 Å². The zero-order valence-electron chi connectivity index (χ0n) is 12.1. The van der Waals surface area contributed by atoms with Crippen molar-refractivity contribution in [1.29, 1.82) is 0 Å². The van der Waals surface area contributed by atoms with Crippen LogP contribution in [0.5, 0.6) is 0 Å².